The predicted octanol–water partition coefficient (Wildman–Crippen LogP) is 2.47. The van der Waals surface area contributed by atoms with Crippen LogP contribution in [0, 0.1) is 0 Å². The molecule has 0 saturated heterocycles. The number of hydrogen-bond acceptors (Lipinski definition) is 5. The lowest BCUT2D eigenvalue weighted by Crippen LogP contribution is -2.09. The third-order valence-electron chi connectivity index (χ3n) is 2.01. The van der Waals surface area contributed by atoms with Crippen LogP contribution in [0.25, 0.3) is 0 Å². The van der Waals surface area contributed by atoms with Crippen LogP contribution in [0.1, 0.15) is 0 Å². The highest BCUT2D eigenvalue weighted by molar-refractivity contribution is 7.99. The number of benzene rings is 1. The van der Waals surface area contributed by atoms with Crippen LogP contribution in [0.2, 0.25) is 10.0 Å². The maximum Gasteiger partial charge on any atom is 0.209 e. The summed E-state index contributed by atoms with van der Waals surface area (Å²) in [5, 5.41) is 9.23. The molecule has 5 nitrogen and oxygen atoms in total. The highest BCUT2D eigenvalue weighted by Crippen LogP contribution is 2.27. The van der Waals surface area contributed by atoms with Gasteiger partial charge in [-0.25, -0.2) is 4.68 Å². The van der Waals surface area contributed by atoms with Gasteiger partial charge < -0.3 is 10.6 Å². The molecule has 18 heavy (non-hydrogen) atoms. The molecule has 0 spiro atoms. The minimum Gasteiger partial charge on any atom is -0.491 e. The summed E-state index contributed by atoms with van der Waals surface area (Å²) in [5.74, 6) is 6.87. The Morgan fingerprint density at radius 2 is 2.22 bits per heavy atom. The monoisotopic (exact) mass is 304 g/mol. The molecule has 1 aromatic heterocycles. The van der Waals surface area contributed by atoms with Gasteiger partial charge in [0.15, 0.2) is 0 Å². The number of halogens is 2. The highest BCUT2D eigenvalue weighted by atomic mass is 35.5. The lowest BCUT2D eigenvalue weighted by atomic mass is 10.3. The van der Waals surface area contributed by atoms with Gasteiger partial charge >= 0.3 is 0 Å². The van der Waals surface area contributed by atoms with E-state index >= 15 is 0 Å². The minimum atomic E-state index is 0.485. The average Bonchev–Trinajstić information content (AvgIpc) is 2.73. The van der Waals surface area contributed by atoms with Crippen molar-refractivity contribution in [2.45, 2.75) is 5.16 Å². The van der Waals surface area contributed by atoms with Crippen LogP contribution in [0.15, 0.2) is 29.7 Å². The van der Waals surface area contributed by atoms with Gasteiger partial charge in [-0.3, -0.25) is 0 Å². The van der Waals surface area contributed by atoms with E-state index in [0.29, 0.717) is 33.3 Å². The summed E-state index contributed by atoms with van der Waals surface area (Å²) >= 11 is 13.2. The van der Waals surface area contributed by atoms with E-state index < -0.39 is 0 Å². The van der Waals surface area contributed by atoms with Gasteiger partial charge in [-0.15, -0.1) is 10.2 Å². The Hall–Kier alpha value is -1.11. The lowest BCUT2D eigenvalue weighted by Gasteiger charge is -2.07. The van der Waals surface area contributed by atoms with Gasteiger partial charge in [0.25, 0.3) is 0 Å². The van der Waals surface area contributed by atoms with Crippen molar-refractivity contribution in [3.05, 3.63) is 34.6 Å². The molecule has 0 aliphatic rings. The van der Waals surface area contributed by atoms with Crippen molar-refractivity contribution in [2.24, 2.45) is 0 Å². The molecule has 8 heteroatoms. The van der Waals surface area contributed by atoms with Gasteiger partial charge in [-0.1, -0.05) is 35.0 Å². The zero-order valence-corrected chi connectivity index (χ0v) is 11.5. The van der Waals surface area contributed by atoms with Crippen molar-refractivity contribution in [1.29, 1.82) is 0 Å². The van der Waals surface area contributed by atoms with E-state index in [4.69, 9.17) is 33.8 Å². The summed E-state index contributed by atoms with van der Waals surface area (Å²) in [7, 11) is 0. The van der Waals surface area contributed by atoms with E-state index in [0.717, 1.165) is 0 Å². The van der Waals surface area contributed by atoms with Crippen LogP contribution in [0.5, 0.6) is 5.75 Å². The number of nitrogens with zero attached hydrogens (tertiary/aromatic N) is 3. The van der Waals surface area contributed by atoms with Crippen molar-refractivity contribution in [2.75, 3.05) is 18.2 Å². The standard InChI is InChI=1S/C10H10Cl2N4OS/c11-7-1-2-9(8(12)5-7)17-3-4-18-10-15-14-6-16(10)13/h1-2,5-6H,3-4,13H2. The van der Waals surface area contributed by atoms with Crippen LogP contribution in [-0.4, -0.2) is 27.2 Å². The molecule has 0 amide bonds. The highest BCUT2D eigenvalue weighted by Gasteiger charge is 2.04. The van der Waals surface area contributed by atoms with Gasteiger partial charge in [-0.2, -0.15) is 0 Å². The number of aromatic nitrogens is 3. The van der Waals surface area contributed by atoms with Crippen LogP contribution in [0.3, 0.4) is 0 Å². The molecule has 0 aliphatic carbocycles. The Morgan fingerprint density at radius 1 is 1.39 bits per heavy atom. The van der Waals surface area contributed by atoms with Gasteiger partial charge in [-0.05, 0) is 18.2 Å². The predicted molar refractivity (Wildman–Crippen MR) is 72.9 cm³/mol. The van der Waals surface area contributed by atoms with E-state index in [1.807, 2.05) is 0 Å². The molecule has 2 N–H and O–H groups in total. The number of hydrogen-bond donors (Lipinski definition) is 1. The van der Waals surface area contributed by atoms with Gasteiger partial charge in [0.05, 0.1) is 11.6 Å². The van der Waals surface area contributed by atoms with Crippen molar-refractivity contribution in [1.82, 2.24) is 14.9 Å². The van der Waals surface area contributed by atoms with Crippen LogP contribution in [-0.2, 0) is 0 Å². The lowest BCUT2D eigenvalue weighted by molar-refractivity contribution is 0.344. The van der Waals surface area contributed by atoms with E-state index in [-0.39, 0.29) is 0 Å². The van der Waals surface area contributed by atoms with Gasteiger partial charge in [0.1, 0.15) is 12.1 Å². The first-order valence-corrected chi connectivity index (χ1v) is 6.76. The fourth-order valence-electron chi connectivity index (χ4n) is 1.21. The van der Waals surface area contributed by atoms with Crippen molar-refractivity contribution < 1.29 is 4.74 Å². The van der Waals surface area contributed by atoms with Crippen molar-refractivity contribution >= 4 is 35.0 Å². The van der Waals surface area contributed by atoms with Gasteiger partial charge in [0.2, 0.25) is 5.16 Å². The summed E-state index contributed by atoms with van der Waals surface area (Å²) in [5.41, 5.74) is 0. The minimum absolute atomic E-state index is 0.485. The summed E-state index contributed by atoms with van der Waals surface area (Å²) < 4.78 is 6.88. The number of rotatable bonds is 5. The molecule has 0 atom stereocenters. The van der Waals surface area contributed by atoms with E-state index in [2.05, 4.69) is 10.2 Å². The summed E-state index contributed by atoms with van der Waals surface area (Å²) in [6, 6.07) is 5.11. The Morgan fingerprint density at radius 3 is 2.89 bits per heavy atom. The van der Waals surface area contributed by atoms with Crippen molar-refractivity contribution in [3.63, 3.8) is 0 Å². The number of ether oxygens (including phenoxy) is 1. The fraction of sp³-hybridized carbons (Fsp3) is 0.200. The Kier molecular flexibility index (Phi) is 4.57. The molecule has 0 aliphatic heterocycles. The normalized spacial score (nSPS) is 10.6. The maximum atomic E-state index is 5.97. The molecule has 2 aromatic rings. The van der Waals surface area contributed by atoms with Crippen LogP contribution < -0.4 is 10.6 Å². The molecule has 1 aromatic carbocycles. The molecule has 96 valence electrons. The zero-order chi connectivity index (χ0) is 13.0. The average molecular weight is 305 g/mol. The second-order valence-corrected chi connectivity index (χ2v) is 5.20. The van der Waals surface area contributed by atoms with Gasteiger partial charge in [0, 0.05) is 10.8 Å². The molecule has 1 heterocycles. The first-order valence-electron chi connectivity index (χ1n) is 5.02. The SMILES string of the molecule is Nn1cnnc1SCCOc1ccc(Cl)cc1Cl. The Bertz CT molecular complexity index is 534. The molecule has 0 unspecified atom stereocenters. The molecular formula is C10H10Cl2N4OS. The Labute approximate surface area is 118 Å². The summed E-state index contributed by atoms with van der Waals surface area (Å²) in [6.45, 7) is 0.485. The number of nitrogen functional groups attached to an aromatic ring is 1. The molecule has 0 fully saturated rings. The molecular weight excluding hydrogens is 295 g/mol. The second kappa shape index (κ2) is 6.17. The number of thioether (sulfide) groups is 1. The third kappa shape index (κ3) is 3.44. The van der Waals surface area contributed by atoms with E-state index in [1.165, 1.54) is 22.8 Å². The second-order valence-electron chi connectivity index (χ2n) is 3.29. The zero-order valence-electron chi connectivity index (χ0n) is 9.22. The third-order valence-corrected chi connectivity index (χ3v) is 3.46. The van der Waals surface area contributed by atoms with E-state index in [1.54, 1.807) is 18.2 Å². The van der Waals surface area contributed by atoms with Crippen LogP contribution in [0.4, 0.5) is 0 Å². The number of nitrogens with two attached hydrogens (primary N) is 1. The molecule has 0 saturated carbocycles. The molecule has 0 bridgehead atoms. The summed E-state index contributed by atoms with van der Waals surface area (Å²) in [4.78, 5) is 0. The first kappa shape index (κ1) is 13.3. The quantitative estimate of drug-likeness (QED) is 0.522. The topological polar surface area (TPSA) is 66.0 Å². The smallest absolute Gasteiger partial charge is 0.209 e. The largest absolute Gasteiger partial charge is 0.491 e. The Balaban J connectivity index is 1.80. The van der Waals surface area contributed by atoms with Crippen molar-refractivity contribution in [3.8, 4) is 5.75 Å². The fourth-order valence-corrected chi connectivity index (χ4v) is 2.33. The first-order chi connectivity index (χ1) is 8.66. The maximum absolute atomic E-state index is 5.97. The molecule has 0 radical (unpaired) electrons. The van der Waals surface area contributed by atoms with E-state index in [9.17, 15) is 0 Å². The van der Waals surface area contributed by atoms with Crippen LogP contribution >= 0.6 is 35.0 Å². The molecule has 2 rings (SSSR count). The summed E-state index contributed by atoms with van der Waals surface area (Å²) in [6.07, 6.45) is 1.44.